The molecule has 1 saturated heterocycles. The normalized spacial score (nSPS) is 20.4. The molecule has 1 aromatic carbocycles. The van der Waals surface area contributed by atoms with E-state index in [0.29, 0.717) is 18.5 Å². The zero-order valence-corrected chi connectivity index (χ0v) is 11.9. The molecule has 0 aliphatic carbocycles. The zero-order valence-electron chi connectivity index (χ0n) is 11.1. The third-order valence-electron chi connectivity index (χ3n) is 3.75. The second-order valence-electron chi connectivity index (χ2n) is 5.13. The second kappa shape index (κ2) is 4.90. The molecule has 0 bridgehead atoms. The number of piperidine rings is 1. The maximum absolute atomic E-state index is 12.5. The van der Waals surface area contributed by atoms with Crippen LogP contribution >= 0.6 is 0 Å². The van der Waals surface area contributed by atoms with E-state index in [9.17, 15) is 23.1 Å². The number of rotatable bonds is 2. The van der Waals surface area contributed by atoms with Crippen molar-refractivity contribution in [3.8, 4) is 0 Å². The number of hydrogen-bond acceptors (Lipinski definition) is 5. The lowest BCUT2D eigenvalue weighted by molar-refractivity contribution is -0.112. The molecule has 0 spiro atoms. The molecule has 8 heteroatoms. The lowest BCUT2D eigenvalue weighted by Crippen LogP contribution is -2.40. The Bertz CT molecular complexity index is 720. The minimum atomic E-state index is -3.72. The number of aliphatic hydroxyl groups excluding tert-OH is 1. The van der Waals surface area contributed by atoms with E-state index in [1.165, 1.54) is 22.5 Å². The van der Waals surface area contributed by atoms with Gasteiger partial charge in [-0.25, -0.2) is 8.42 Å². The molecule has 112 valence electrons. The summed E-state index contributed by atoms with van der Waals surface area (Å²) in [5.41, 5.74) is 0.413. The van der Waals surface area contributed by atoms with E-state index < -0.39 is 27.8 Å². The molecule has 0 radical (unpaired) electrons. The van der Waals surface area contributed by atoms with E-state index in [1.54, 1.807) is 0 Å². The SMILES string of the molecule is O=C1Nc2ccc(S(=O)(=O)N3CCC(O)CC3)cc2C1=O. The summed E-state index contributed by atoms with van der Waals surface area (Å²) in [5, 5.41) is 11.8. The van der Waals surface area contributed by atoms with Gasteiger partial charge in [-0.15, -0.1) is 0 Å². The van der Waals surface area contributed by atoms with E-state index >= 15 is 0 Å². The summed E-state index contributed by atoms with van der Waals surface area (Å²) in [6, 6.07) is 4.03. The number of carbonyl (C=O) groups is 2. The number of sulfonamides is 1. The number of Topliss-reactive ketones (excluding diaryl/α,β-unsaturated/α-hetero) is 1. The van der Waals surface area contributed by atoms with Gasteiger partial charge in [0.2, 0.25) is 10.0 Å². The van der Waals surface area contributed by atoms with E-state index in [4.69, 9.17) is 0 Å². The van der Waals surface area contributed by atoms with Crippen molar-refractivity contribution in [2.45, 2.75) is 23.8 Å². The fourth-order valence-electron chi connectivity index (χ4n) is 2.51. The van der Waals surface area contributed by atoms with E-state index in [1.807, 2.05) is 0 Å². The van der Waals surface area contributed by atoms with Gasteiger partial charge in [0.15, 0.2) is 0 Å². The monoisotopic (exact) mass is 310 g/mol. The Balaban J connectivity index is 1.94. The summed E-state index contributed by atoms with van der Waals surface area (Å²) in [5.74, 6) is -1.48. The number of amides is 1. The van der Waals surface area contributed by atoms with Crippen LogP contribution < -0.4 is 5.32 Å². The first kappa shape index (κ1) is 14.2. The largest absolute Gasteiger partial charge is 0.393 e. The number of carbonyl (C=O) groups excluding carboxylic acids is 2. The van der Waals surface area contributed by atoms with Crippen LogP contribution in [0.4, 0.5) is 5.69 Å². The molecular weight excluding hydrogens is 296 g/mol. The number of nitrogens with one attached hydrogen (secondary N) is 1. The van der Waals surface area contributed by atoms with Crippen molar-refractivity contribution in [2.75, 3.05) is 18.4 Å². The quantitative estimate of drug-likeness (QED) is 0.746. The Hall–Kier alpha value is -1.77. The third kappa shape index (κ3) is 2.35. The molecular formula is C13H14N2O5S. The Kier molecular flexibility index (Phi) is 3.31. The molecule has 3 rings (SSSR count). The molecule has 2 aliphatic heterocycles. The molecule has 21 heavy (non-hydrogen) atoms. The molecule has 1 amide bonds. The van der Waals surface area contributed by atoms with Gasteiger partial charge in [0.05, 0.1) is 22.3 Å². The number of nitrogens with zero attached hydrogens (tertiary/aromatic N) is 1. The summed E-state index contributed by atoms with van der Waals surface area (Å²) in [6.45, 7) is 0.484. The number of ketones is 1. The van der Waals surface area contributed by atoms with Crippen LogP contribution in [0.1, 0.15) is 23.2 Å². The van der Waals surface area contributed by atoms with Crippen LogP contribution in [0, 0.1) is 0 Å². The van der Waals surface area contributed by atoms with Gasteiger partial charge in [-0.1, -0.05) is 0 Å². The molecule has 2 N–H and O–H groups in total. The zero-order chi connectivity index (χ0) is 15.2. The van der Waals surface area contributed by atoms with Crippen LogP contribution in [0.3, 0.4) is 0 Å². The van der Waals surface area contributed by atoms with Crippen molar-refractivity contribution in [3.63, 3.8) is 0 Å². The van der Waals surface area contributed by atoms with Crippen LogP contribution in [0.15, 0.2) is 23.1 Å². The Labute approximate surface area is 121 Å². The lowest BCUT2D eigenvalue weighted by Gasteiger charge is -2.28. The average molecular weight is 310 g/mol. The minimum absolute atomic E-state index is 0.0116. The van der Waals surface area contributed by atoms with Crippen LogP contribution in [0.5, 0.6) is 0 Å². The topological polar surface area (TPSA) is 104 Å². The molecule has 0 aromatic heterocycles. The Morgan fingerprint density at radius 2 is 1.86 bits per heavy atom. The second-order valence-corrected chi connectivity index (χ2v) is 7.06. The van der Waals surface area contributed by atoms with Crippen molar-refractivity contribution < 1.29 is 23.1 Å². The standard InChI is InChI=1S/C13H14N2O5S/c16-8-3-5-15(6-4-8)21(19,20)9-1-2-11-10(7-9)12(17)13(18)14-11/h1-2,7-8,16H,3-6H2,(H,14,17,18). The van der Waals surface area contributed by atoms with Crippen molar-refractivity contribution in [3.05, 3.63) is 23.8 Å². The molecule has 2 aliphatic rings. The smallest absolute Gasteiger partial charge is 0.296 e. The Morgan fingerprint density at radius 1 is 1.19 bits per heavy atom. The van der Waals surface area contributed by atoms with Gasteiger partial charge in [0.1, 0.15) is 0 Å². The first-order valence-corrected chi connectivity index (χ1v) is 8.01. The van der Waals surface area contributed by atoms with E-state index in [0.717, 1.165) is 0 Å². The van der Waals surface area contributed by atoms with Crippen molar-refractivity contribution in [1.29, 1.82) is 0 Å². The summed E-state index contributed by atoms with van der Waals surface area (Å²) < 4.78 is 26.3. The number of hydrogen-bond donors (Lipinski definition) is 2. The predicted molar refractivity (Wildman–Crippen MR) is 73.4 cm³/mol. The van der Waals surface area contributed by atoms with Gasteiger partial charge in [-0.2, -0.15) is 4.31 Å². The summed E-state index contributed by atoms with van der Waals surface area (Å²) >= 11 is 0. The highest BCUT2D eigenvalue weighted by molar-refractivity contribution is 7.89. The Morgan fingerprint density at radius 3 is 2.52 bits per heavy atom. The highest BCUT2D eigenvalue weighted by atomic mass is 32.2. The van der Waals surface area contributed by atoms with E-state index in [-0.39, 0.29) is 23.5 Å². The number of benzene rings is 1. The van der Waals surface area contributed by atoms with Gasteiger partial charge in [-0.3, -0.25) is 9.59 Å². The van der Waals surface area contributed by atoms with Gasteiger partial charge >= 0.3 is 0 Å². The summed E-state index contributed by atoms with van der Waals surface area (Å²) in [7, 11) is -3.72. The molecule has 0 atom stereocenters. The van der Waals surface area contributed by atoms with Crippen LogP contribution in [0.25, 0.3) is 0 Å². The molecule has 7 nitrogen and oxygen atoms in total. The number of aliphatic hydroxyl groups is 1. The third-order valence-corrected chi connectivity index (χ3v) is 5.65. The van der Waals surface area contributed by atoms with Gasteiger partial charge < -0.3 is 10.4 Å². The van der Waals surface area contributed by atoms with Crippen molar-refractivity contribution in [2.24, 2.45) is 0 Å². The number of anilines is 1. The first-order chi connectivity index (χ1) is 9.89. The minimum Gasteiger partial charge on any atom is -0.393 e. The van der Waals surface area contributed by atoms with Crippen molar-refractivity contribution in [1.82, 2.24) is 4.31 Å². The van der Waals surface area contributed by atoms with Crippen LogP contribution in [-0.4, -0.2) is 48.7 Å². The van der Waals surface area contributed by atoms with Gasteiger partial charge in [0, 0.05) is 13.1 Å². The molecule has 0 unspecified atom stereocenters. The molecule has 1 fully saturated rings. The van der Waals surface area contributed by atoms with Crippen LogP contribution in [-0.2, 0) is 14.8 Å². The highest BCUT2D eigenvalue weighted by Crippen LogP contribution is 2.28. The lowest BCUT2D eigenvalue weighted by atomic mass is 10.1. The fraction of sp³-hybridized carbons (Fsp3) is 0.385. The summed E-state index contributed by atoms with van der Waals surface area (Å²) in [6.07, 6.45) is 0.312. The number of fused-ring (bicyclic) bond motifs is 1. The maximum Gasteiger partial charge on any atom is 0.296 e. The van der Waals surface area contributed by atoms with Gasteiger partial charge in [-0.05, 0) is 31.0 Å². The molecule has 2 heterocycles. The average Bonchev–Trinajstić information content (AvgIpc) is 2.74. The fourth-order valence-corrected chi connectivity index (χ4v) is 4.01. The molecule has 1 aromatic rings. The highest BCUT2D eigenvalue weighted by Gasteiger charge is 2.33. The first-order valence-electron chi connectivity index (χ1n) is 6.57. The predicted octanol–water partition coefficient (Wildman–Crippen LogP) is -0.0332. The van der Waals surface area contributed by atoms with Crippen molar-refractivity contribution >= 4 is 27.4 Å². The van der Waals surface area contributed by atoms with Gasteiger partial charge in [0.25, 0.3) is 11.7 Å². The summed E-state index contributed by atoms with van der Waals surface area (Å²) in [4.78, 5) is 22.9. The van der Waals surface area contributed by atoms with E-state index in [2.05, 4.69) is 5.32 Å². The van der Waals surface area contributed by atoms with Crippen LogP contribution in [0.2, 0.25) is 0 Å². The maximum atomic E-state index is 12.5. The molecule has 0 saturated carbocycles.